The van der Waals surface area contributed by atoms with Crippen molar-refractivity contribution < 1.29 is 18.7 Å². The number of para-hydroxylation sites is 1. The standard InChI is InChI=1S/C26H24FN7O3/c27-17-14-20(34-10-12-36-13-11-34)22(30-15-17)23(28)37-26(29)33-24-25(35)31-19-9-5-4-8-18(19)21(32-24)16-6-2-1-3-7-16/h1-9,14-15,24,28H,10-13H2,(H2,29,33)(H,31,35). The zero-order chi connectivity index (χ0) is 25.8. The number of morpholine rings is 1. The minimum absolute atomic E-state index is 0.0704. The van der Waals surface area contributed by atoms with Gasteiger partial charge in [-0.05, 0) is 6.07 Å². The number of anilines is 2. The number of fused-ring (bicyclic) bond motifs is 1. The second-order valence-electron chi connectivity index (χ2n) is 8.31. The highest BCUT2D eigenvalue weighted by Crippen LogP contribution is 2.24. The molecule has 1 saturated heterocycles. The van der Waals surface area contributed by atoms with Crippen LogP contribution in [0.4, 0.5) is 15.8 Å². The van der Waals surface area contributed by atoms with Crippen molar-refractivity contribution in [3.8, 4) is 0 Å². The Kier molecular flexibility index (Phi) is 6.86. The van der Waals surface area contributed by atoms with E-state index in [-0.39, 0.29) is 5.69 Å². The van der Waals surface area contributed by atoms with E-state index in [4.69, 9.17) is 20.3 Å². The van der Waals surface area contributed by atoms with Crippen LogP contribution in [0.5, 0.6) is 0 Å². The molecular formula is C26H24FN7O3. The third kappa shape index (κ3) is 5.31. The van der Waals surface area contributed by atoms with Gasteiger partial charge in [-0.25, -0.2) is 14.4 Å². The van der Waals surface area contributed by atoms with Gasteiger partial charge in [-0.15, -0.1) is 0 Å². The highest BCUT2D eigenvalue weighted by atomic mass is 19.1. The molecule has 0 saturated carbocycles. The fourth-order valence-corrected chi connectivity index (χ4v) is 4.13. The molecule has 0 bridgehead atoms. The number of ether oxygens (including phenoxy) is 2. The second-order valence-corrected chi connectivity index (χ2v) is 8.31. The van der Waals surface area contributed by atoms with Gasteiger partial charge in [0.05, 0.1) is 36.5 Å². The number of carbonyl (C=O) groups excluding carboxylic acids is 1. The van der Waals surface area contributed by atoms with Crippen molar-refractivity contribution in [2.75, 3.05) is 36.5 Å². The average molecular weight is 502 g/mol. The smallest absolute Gasteiger partial charge is 0.290 e. The molecule has 0 aliphatic carbocycles. The highest BCUT2D eigenvalue weighted by molar-refractivity contribution is 6.19. The summed E-state index contributed by atoms with van der Waals surface area (Å²) in [5.41, 5.74) is 3.12. The lowest BCUT2D eigenvalue weighted by molar-refractivity contribution is -0.117. The van der Waals surface area contributed by atoms with E-state index < -0.39 is 29.8 Å². The quantitative estimate of drug-likeness (QED) is 0.321. The Labute approximate surface area is 212 Å². The van der Waals surface area contributed by atoms with E-state index in [1.54, 1.807) is 6.07 Å². The summed E-state index contributed by atoms with van der Waals surface area (Å²) in [4.78, 5) is 23.5. The largest absolute Gasteiger partial charge is 0.405 e. The number of amidine groups is 1. The predicted octanol–water partition coefficient (Wildman–Crippen LogP) is 2.74. The Balaban J connectivity index is 1.37. The molecule has 2 aliphatic rings. The van der Waals surface area contributed by atoms with Crippen molar-refractivity contribution in [2.24, 2.45) is 4.99 Å². The number of halogens is 1. The number of rotatable bonds is 4. The number of nitrogens with zero attached hydrogens (tertiary/aromatic N) is 3. The van der Waals surface area contributed by atoms with Crippen molar-refractivity contribution in [3.63, 3.8) is 0 Å². The molecule has 1 aromatic heterocycles. The molecule has 188 valence electrons. The van der Waals surface area contributed by atoms with Crippen LogP contribution in [0, 0.1) is 16.6 Å². The molecule has 37 heavy (non-hydrogen) atoms. The Morgan fingerprint density at radius 3 is 2.62 bits per heavy atom. The molecule has 3 aromatic rings. The minimum Gasteiger partial charge on any atom is -0.405 e. The van der Waals surface area contributed by atoms with E-state index in [2.05, 4.69) is 20.6 Å². The first-order chi connectivity index (χ1) is 18.0. The van der Waals surface area contributed by atoms with E-state index in [1.165, 1.54) is 6.07 Å². The molecule has 3 heterocycles. The van der Waals surface area contributed by atoms with Crippen LogP contribution in [0.3, 0.4) is 0 Å². The van der Waals surface area contributed by atoms with E-state index in [0.29, 0.717) is 43.4 Å². The van der Waals surface area contributed by atoms with Crippen molar-refractivity contribution in [2.45, 2.75) is 6.17 Å². The molecule has 0 spiro atoms. The maximum atomic E-state index is 14.0. The van der Waals surface area contributed by atoms with Crippen molar-refractivity contribution in [1.29, 1.82) is 10.8 Å². The molecule has 11 heteroatoms. The van der Waals surface area contributed by atoms with Crippen LogP contribution in [0.1, 0.15) is 16.8 Å². The number of benzene rings is 2. The number of hydrogen-bond acceptors (Lipinski definition) is 8. The summed E-state index contributed by atoms with van der Waals surface area (Å²) < 4.78 is 24.7. The van der Waals surface area contributed by atoms with Gasteiger partial charge in [0.25, 0.3) is 11.9 Å². The lowest BCUT2D eigenvalue weighted by atomic mass is 10.0. The summed E-state index contributed by atoms with van der Waals surface area (Å²) in [7, 11) is 0. The predicted molar refractivity (Wildman–Crippen MR) is 137 cm³/mol. The Morgan fingerprint density at radius 2 is 1.84 bits per heavy atom. The normalized spacial score (nSPS) is 17.1. The number of aromatic nitrogens is 1. The first-order valence-corrected chi connectivity index (χ1v) is 11.6. The highest BCUT2D eigenvalue weighted by Gasteiger charge is 2.28. The molecule has 1 unspecified atom stereocenters. The van der Waals surface area contributed by atoms with Gasteiger partial charge in [-0.3, -0.25) is 15.6 Å². The number of aliphatic imine (C=N–C) groups is 1. The van der Waals surface area contributed by atoms with Crippen LogP contribution in [-0.2, 0) is 14.3 Å². The van der Waals surface area contributed by atoms with Gasteiger partial charge in [0, 0.05) is 30.3 Å². The average Bonchev–Trinajstić information content (AvgIpc) is 3.05. The van der Waals surface area contributed by atoms with E-state index in [9.17, 15) is 9.18 Å². The van der Waals surface area contributed by atoms with Crippen LogP contribution < -0.4 is 15.5 Å². The maximum Gasteiger partial charge on any atom is 0.290 e. The summed E-state index contributed by atoms with van der Waals surface area (Å²) in [6.07, 6.45) is -0.219. The Hall–Kier alpha value is -4.64. The fraction of sp³-hybridized carbons (Fsp3) is 0.192. The number of pyridine rings is 1. The lowest BCUT2D eigenvalue weighted by Gasteiger charge is -2.30. The SMILES string of the molecule is N=C(NC1N=C(c2ccccc2)c2ccccc2NC1=O)OC(=N)c1ncc(F)cc1N1CCOCC1. The zero-order valence-corrected chi connectivity index (χ0v) is 19.7. The number of amides is 1. The molecule has 1 fully saturated rings. The van der Waals surface area contributed by atoms with E-state index >= 15 is 0 Å². The molecule has 5 rings (SSSR count). The molecule has 0 radical (unpaired) electrons. The van der Waals surface area contributed by atoms with Crippen LogP contribution in [0.25, 0.3) is 0 Å². The van der Waals surface area contributed by atoms with Gasteiger partial charge in [-0.2, -0.15) is 0 Å². The molecular weight excluding hydrogens is 477 g/mol. The minimum atomic E-state index is -1.21. The summed E-state index contributed by atoms with van der Waals surface area (Å²) in [5.74, 6) is -1.51. The van der Waals surface area contributed by atoms with Gasteiger partial charge in [0.2, 0.25) is 12.1 Å². The molecule has 4 N–H and O–H groups in total. The van der Waals surface area contributed by atoms with Gasteiger partial charge in [-0.1, -0.05) is 48.5 Å². The van der Waals surface area contributed by atoms with E-state index in [1.807, 2.05) is 53.4 Å². The summed E-state index contributed by atoms with van der Waals surface area (Å²) in [5, 5.41) is 22.2. The third-order valence-corrected chi connectivity index (χ3v) is 5.87. The molecule has 2 aliphatic heterocycles. The number of carbonyl (C=O) groups is 1. The molecule has 1 amide bonds. The molecule has 1 atom stereocenters. The van der Waals surface area contributed by atoms with Crippen molar-refractivity contribution >= 4 is 34.9 Å². The van der Waals surface area contributed by atoms with Crippen LogP contribution >= 0.6 is 0 Å². The van der Waals surface area contributed by atoms with Crippen LogP contribution in [-0.4, -0.2) is 61.0 Å². The van der Waals surface area contributed by atoms with Gasteiger partial charge in [0.1, 0.15) is 11.5 Å². The zero-order valence-electron chi connectivity index (χ0n) is 19.7. The maximum absolute atomic E-state index is 14.0. The molecule has 10 nitrogen and oxygen atoms in total. The first-order valence-electron chi connectivity index (χ1n) is 11.6. The van der Waals surface area contributed by atoms with Gasteiger partial charge in [0.15, 0.2) is 0 Å². The number of benzodiazepines with no additional fused rings is 1. The fourth-order valence-electron chi connectivity index (χ4n) is 4.13. The third-order valence-electron chi connectivity index (χ3n) is 5.87. The summed E-state index contributed by atoms with van der Waals surface area (Å²) in [6, 6.07) is 17.4. The number of nitrogens with one attached hydrogen (secondary N) is 4. The van der Waals surface area contributed by atoms with Crippen LogP contribution in [0.2, 0.25) is 0 Å². The lowest BCUT2D eigenvalue weighted by Crippen LogP contribution is -2.43. The van der Waals surface area contributed by atoms with E-state index in [0.717, 1.165) is 17.3 Å². The van der Waals surface area contributed by atoms with Gasteiger partial charge < -0.3 is 25.0 Å². The van der Waals surface area contributed by atoms with Crippen molar-refractivity contribution in [1.82, 2.24) is 10.3 Å². The van der Waals surface area contributed by atoms with Crippen molar-refractivity contribution in [3.05, 3.63) is 89.5 Å². The topological polar surface area (TPSA) is 136 Å². The molecule has 2 aromatic carbocycles. The van der Waals surface area contributed by atoms with Crippen LogP contribution in [0.15, 0.2) is 71.9 Å². The second kappa shape index (κ2) is 10.5. The summed E-state index contributed by atoms with van der Waals surface area (Å²) >= 11 is 0. The monoisotopic (exact) mass is 501 g/mol. The Bertz CT molecular complexity index is 1370. The number of hydrogen-bond donors (Lipinski definition) is 4. The first kappa shape index (κ1) is 24.1. The Morgan fingerprint density at radius 1 is 1.11 bits per heavy atom. The summed E-state index contributed by atoms with van der Waals surface area (Å²) in [6.45, 7) is 1.92. The van der Waals surface area contributed by atoms with Gasteiger partial charge >= 0.3 is 0 Å².